The molecule has 1 aromatic heterocycles. The molecule has 1 fully saturated rings. The van der Waals surface area contributed by atoms with Gasteiger partial charge in [-0.1, -0.05) is 11.6 Å². The summed E-state index contributed by atoms with van der Waals surface area (Å²) in [4.78, 5) is 7.77. The van der Waals surface area contributed by atoms with E-state index in [9.17, 15) is 0 Å². The van der Waals surface area contributed by atoms with Crippen molar-refractivity contribution in [2.24, 2.45) is 0 Å². The molecule has 0 amide bonds. The van der Waals surface area contributed by atoms with Crippen LogP contribution in [-0.4, -0.2) is 34.5 Å². The molecule has 2 rings (SSSR count). The van der Waals surface area contributed by atoms with Crippen molar-refractivity contribution in [2.75, 3.05) is 24.6 Å². The van der Waals surface area contributed by atoms with E-state index in [1.165, 1.54) is 29.5 Å². The lowest BCUT2D eigenvalue weighted by Gasteiger charge is -2.25. The molecule has 1 aliphatic heterocycles. The lowest BCUT2D eigenvalue weighted by molar-refractivity contribution is 0.297. The van der Waals surface area contributed by atoms with Crippen molar-refractivity contribution < 1.29 is 0 Å². The summed E-state index contributed by atoms with van der Waals surface area (Å²) in [7, 11) is 0. The fourth-order valence-electron chi connectivity index (χ4n) is 1.34. The van der Waals surface area contributed by atoms with Crippen LogP contribution in [-0.2, 0) is 6.54 Å². The monoisotopic (exact) mass is 234 g/mol. The first-order valence-corrected chi connectivity index (χ1v) is 6.60. The minimum Gasteiger partial charge on any atom is -0.297 e. The average molecular weight is 235 g/mol. The van der Waals surface area contributed by atoms with Gasteiger partial charge in [-0.2, -0.15) is 11.8 Å². The van der Waals surface area contributed by atoms with E-state index in [-0.39, 0.29) is 0 Å². The maximum atomic E-state index is 5.76. The van der Waals surface area contributed by atoms with Crippen molar-refractivity contribution in [1.82, 2.24) is 9.88 Å². The molecule has 0 aliphatic carbocycles. The summed E-state index contributed by atoms with van der Waals surface area (Å²) < 4.78 is 0.654. The van der Waals surface area contributed by atoms with Gasteiger partial charge in [0.2, 0.25) is 0 Å². The molecule has 13 heavy (non-hydrogen) atoms. The van der Waals surface area contributed by atoms with Gasteiger partial charge in [-0.25, -0.2) is 4.98 Å². The molecule has 0 spiro atoms. The Morgan fingerprint density at radius 1 is 1.46 bits per heavy atom. The van der Waals surface area contributed by atoms with Crippen molar-refractivity contribution in [3.8, 4) is 0 Å². The number of hydrogen-bond acceptors (Lipinski definition) is 4. The molecule has 0 atom stereocenters. The number of rotatable bonds is 2. The van der Waals surface area contributed by atoms with Crippen LogP contribution in [0.2, 0.25) is 4.47 Å². The molecule has 0 unspecified atom stereocenters. The first kappa shape index (κ1) is 9.77. The molecular formula is C8H11ClN2S2. The average Bonchev–Trinajstić information content (AvgIpc) is 2.53. The number of thiazole rings is 1. The van der Waals surface area contributed by atoms with Gasteiger partial charge in [-0.05, 0) is 0 Å². The van der Waals surface area contributed by atoms with Gasteiger partial charge in [-0.15, -0.1) is 11.3 Å². The summed E-state index contributed by atoms with van der Waals surface area (Å²) in [6.45, 7) is 3.41. The molecule has 72 valence electrons. The smallest absolute Gasteiger partial charge is 0.183 e. The Labute approximate surface area is 91.3 Å². The van der Waals surface area contributed by atoms with Crippen LogP contribution < -0.4 is 0 Å². The minimum absolute atomic E-state index is 0.654. The molecule has 1 saturated heterocycles. The summed E-state index contributed by atoms with van der Waals surface area (Å²) in [5.74, 6) is 2.51. The van der Waals surface area contributed by atoms with Crippen LogP contribution in [0.4, 0.5) is 0 Å². The normalized spacial score (nSPS) is 19.2. The number of thioether (sulfide) groups is 1. The quantitative estimate of drug-likeness (QED) is 0.782. The van der Waals surface area contributed by atoms with Crippen LogP contribution >= 0.6 is 34.7 Å². The highest BCUT2D eigenvalue weighted by Crippen LogP contribution is 2.20. The number of aromatic nitrogens is 1. The van der Waals surface area contributed by atoms with Crippen LogP contribution in [0.1, 0.15) is 4.88 Å². The van der Waals surface area contributed by atoms with Crippen molar-refractivity contribution in [3.05, 3.63) is 15.5 Å². The van der Waals surface area contributed by atoms with Gasteiger partial charge in [0.1, 0.15) is 0 Å². The Morgan fingerprint density at radius 3 is 2.85 bits per heavy atom. The molecule has 1 aromatic rings. The van der Waals surface area contributed by atoms with Crippen LogP contribution in [0.25, 0.3) is 0 Å². The van der Waals surface area contributed by atoms with Gasteiger partial charge in [0, 0.05) is 42.2 Å². The highest BCUT2D eigenvalue weighted by Gasteiger charge is 2.11. The zero-order valence-electron chi connectivity index (χ0n) is 7.20. The molecule has 0 bridgehead atoms. The lowest BCUT2D eigenvalue weighted by atomic mass is 10.4. The zero-order valence-corrected chi connectivity index (χ0v) is 9.59. The van der Waals surface area contributed by atoms with Crippen LogP contribution in [0.5, 0.6) is 0 Å². The van der Waals surface area contributed by atoms with Crippen molar-refractivity contribution >= 4 is 34.7 Å². The fourth-order valence-corrected chi connectivity index (χ4v) is 3.34. The first-order chi connectivity index (χ1) is 6.34. The zero-order chi connectivity index (χ0) is 9.10. The van der Waals surface area contributed by atoms with Gasteiger partial charge in [-0.3, -0.25) is 4.90 Å². The van der Waals surface area contributed by atoms with Crippen LogP contribution in [0, 0.1) is 0 Å². The van der Waals surface area contributed by atoms with Crippen molar-refractivity contribution in [1.29, 1.82) is 0 Å². The molecule has 0 radical (unpaired) electrons. The largest absolute Gasteiger partial charge is 0.297 e. The molecule has 0 aromatic carbocycles. The first-order valence-electron chi connectivity index (χ1n) is 4.25. The Bertz CT molecular complexity index is 271. The van der Waals surface area contributed by atoms with E-state index in [0.717, 1.165) is 6.54 Å². The predicted octanol–water partition coefficient (Wildman–Crippen LogP) is 2.35. The Balaban J connectivity index is 1.89. The highest BCUT2D eigenvalue weighted by molar-refractivity contribution is 7.99. The number of hydrogen-bond donors (Lipinski definition) is 0. The van der Waals surface area contributed by atoms with E-state index in [0.29, 0.717) is 4.47 Å². The molecular weight excluding hydrogens is 224 g/mol. The Hall–Kier alpha value is 0.230. The van der Waals surface area contributed by atoms with Crippen LogP contribution in [0.15, 0.2) is 6.20 Å². The standard InChI is InChI=1S/C8H11ClN2S2/c9-8-10-5-7(13-8)6-11-1-3-12-4-2-11/h5H,1-4,6H2. The summed E-state index contributed by atoms with van der Waals surface area (Å²) in [5, 5.41) is 0. The van der Waals surface area contributed by atoms with Gasteiger partial charge in [0.15, 0.2) is 4.47 Å². The Morgan fingerprint density at radius 2 is 2.23 bits per heavy atom. The summed E-state index contributed by atoms with van der Waals surface area (Å²) in [6.07, 6.45) is 1.88. The van der Waals surface area contributed by atoms with Gasteiger partial charge in [0.25, 0.3) is 0 Å². The minimum atomic E-state index is 0.654. The topological polar surface area (TPSA) is 16.1 Å². The van der Waals surface area contributed by atoms with E-state index in [1.54, 1.807) is 11.3 Å². The molecule has 2 nitrogen and oxygen atoms in total. The molecule has 1 aliphatic rings. The van der Waals surface area contributed by atoms with E-state index in [2.05, 4.69) is 9.88 Å². The molecule has 5 heteroatoms. The SMILES string of the molecule is Clc1ncc(CN2CCSCC2)s1. The maximum absolute atomic E-state index is 5.76. The lowest BCUT2D eigenvalue weighted by Crippen LogP contribution is -2.31. The number of nitrogens with zero attached hydrogens (tertiary/aromatic N) is 2. The third kappa shape index (κ3) is 2.84. The van der Waals surface area contributed by atoms with E-state index < -0.39 is 0 Å². The van der Waals surface area contributed by atoms with Gasteiger partial charge in [0.05, 0.1) is 0 Å². The second-order valence-electron chi connectivity index (χ2n) is 2.97. The summed E-state index contributed by atoms with van der Waals surface area (Å²) in [5.41, 5.74) is 0. The molecule has 0 saturated carbocycles. The second kappa shape index (κ2) is 4.64. The second-order valence-corrected chi connectivity index (χ2v) is 5.89. The third-order valence-electron chi connectivity index (χ3n) is 2.01. The van der Waals surface area contributed by atoms with Crippen LogP contribution in [0.3, 0.4) is 0 Å². The van der Waals surface area contributed by atoms with Crippen molar-refractivity contribution in [2.45, 2.75) is 6.54 Å². The highest BCUT2D eigenvalue weighted by atomic mass is 35.5. The molecule has 0 N–H and O–H groups in total. The van der Waals surface area contributed by atoms with Gasteiger partial charge >= 0.3 is 0 Å². The van der Waals surface area contributed by atoms with Crippen molar-refractivity contribution in [3.63, 3.8) is 0 Å². The fraction of sp³-hybridized carbons (Fsp3) is 0.625. The summed E-state index contributed by atoms with van der Waals surface area (Å²) >= 11 is 9.38. The predicted molar refractivity (Wildman–Crippen MR) is 59.7 cm³/mol. The van der Waals surface area contributed by atoms with E-state index in [4.69, 9.17) is 11.6 Å². The maximum Gasteiger partial charge on any atom is 0.183 e. The molecule has 2 heterocycles. The Kier molecular flexibility index (Phi) is 3.49. The summed E-state index contributed by atoms with van der Waals surface area (Å²) in [6, 6.07) is 0. The van der Waals surface area contributed by atoms with E-state index in [1.807, 2.05) is 18.0 Å². The third-order valence-corrected chi connectivity index (χ3v) is 4.05. The number of halogens is 1. The van der Waals surface area contributed by atoms with E-state index >= 15 is 0 Å². The van der Waals surface area contributed by atoms with Gasteiger partial charge < -0.3 is 0 Å².